The number of rotatable bonds is 5. The number of hydrogen-bond acceptors (Lipinski definition) is 4. The zero-order valence-electron chi connectivity index (χ0n) is 11.7. The van der Waals surface area contributed by atoms with Gasteiger partial charge in [-0.3, -0.25) is 0 Å². The molecule has 0 aliphatic carbocycles. The minimum Gasteiger partial charge on any atom is -0.497 e. The molecule has 0 amide bonds. The molecule has 1 aromatic heterocycles. The topological polar surface area (TPSA) is 77.2 Å². The summed E-state index contributed by atoms with van der Waals surface area (Å²) in [6.45, 7) is 4.70. The van der Waals surface area contributed by atoms with E-state index in [1.165, 1.54) is 0 Å². The Morgan fingerprint density at radius 3 is 2.50 bits per heavy atom. The molecular weight excluding hydrogens is 258 g/mol. The molecule has 1 heterocycles. The van der Waals surface area contributed by atoms with Gasteiger partial charge in [0.15, 0.2) is 5.69 Å². The molecule has 2 rings (SSSR count). The van der Waals surface area contributed by atoms with E-state index in [4.69, 9.17) is 4.74 Å². The molecule has 0 fully saturated rings. The van der Waals surface area contributed by atoms with Crippen molar-refractivity contribution in [3.8, 4) is 17.0 Å². The molecule has 0 unspecified atom stereocenters. The summed E-state index contributed by atoms with van der Waals surface area (Å²) in [6, 6.07) is 7.18. The van der Waals surface area contributed by atoms with Crippen LogP contribution in [0, 0.1) is 5.92 Å². The van der Waals surface area contributed by atoms with Gasteiger partial charge in [0, 0.05) is 12.1 Å². The van der Waals surface area contributed by atoms with Gasteiger partial charge in [-0.2, -0.15) is 0 Å². The zero-order chi connectivity index (χ0) is 14.7. The maximum Gasteiger partial charge on any atom is 0.358 e. The van der Waals surface area contributed by atoms with E-state index in [0.29, 0.717) is 23.9 Å². The standard InChI is InChI=1S/C14H17N3O3/c1-9(2)8-17-13(12(14(18)19)15-16-17)10-4-6-11(20-3)7-5-10/h4-7,9H,8H2,1-3H3,(H,18,19). The molecule has 2 aromatic rings. The van der Waals surface area contributed by atoms with Crippen molar-refractivity contribution in [2.45, 2.75) is 20.4 Å². The summed E-state index contributed by atoms with van der Waals surface area (Å²) in [5.74, 6) is -0.0188. The van der Waals surface area contributed by atoms with Gasteiger partial charge in [0.2, 0.25) is 0 Å². The summed E-state index contributed by atoms with van der Waals surface area (Å²) in [7, 11) is 1.59. The smallest absolute Gasteiger partial charge is 0.358 e. The highest BCUT2D eigenvalue weighted by Crippen LogP contribution is 2.25. The van der Waals surface area contributed by atoms with Gasteiger partial charge in [-0.1, -0.05) is 19.1 Å². The molecule has 0 aliphatic rings. The Morgan fingerprint density at radius 1 is 1.35 bits per heavy atom. The van der Waals surface area contributed by atoms with Crippen molar-refractivity contribution in [1.29, 1.82) is 0 Å². The van der Waals surface area contributed by atoms with Crippen molar-refractivity contribution < 1.29 is 14.6 Å². The van der Waals surface area contributed by atoms with E-state index in [2.05, 4.69) is 10.3 Å². The molecule has 0 aliphatic heterocycles. The van der Waals surface area contributed by atoms with Gasteiger partial charge in [0.25, 0.3) is 0 Å². The second-order valence-electron chi connectivity index (χ2n) is 4.90. The predicted molar refractivity (Wildman–Crippen MR) is 73.8 cm³/mol. The van der Waals surface area contributed by atoms with Gasteiger partial charge in [-0.25, -0.2) is 9.48 Å². The van der Waals surface area contributed by atoms with Gasteiger partial charge in [0.05, 0.1) is 7.11 Å². The summed E-state index contributed by atoms with van der Waals surface area (Å²) in [6.07, 6.45) is 0. The number of carboxylic acids is 1. The van der Waals surface area contributed by atoms with Crippen LogP contribution in [0.3, 0.4) is 0 Å². The number of ether oxygens (including phenoxy) is 1. The monoisotopic (exact) mass is 275 g/mol. The first-order chi connectivity index (χ1) is 9.52. The normalized spacial score (nSPS) is 10.8. The number of hydrogen-bond donors (Lipinski definition) is 1. The van der Waals surface area contributed by atoms with Gasteiger partial charge < -0.3 is 9.84 Å². The summed E-state index contributed by atoms with van der Waals surface area (Å²) in [5, 5.41) is 17.0. The lowest BCUT2D eigenvalue weighted by Crippen LogP contribution is -2.09. The van der Waals surface area contributed by atoms with Crippen LogP contribution in [-0.2, 0) is 6.54 Å². The number of aromatic nitrogens is 3. The second kappa shape index (κ2) is 5.73. The molecular formula is C14H17N3O3. The highest BCUT2D eigenvalue weighted by Gasteiger charge is 2.20. The largest absolute Gasteiger partial charge is 0.497 e. The molecule has 0 saturated carbocycles. The van der Waals surface area contributed by atoms with Gasteiger partial charge in [-0.15, -0.1) is 5.10 Å². The van der Waals surface area contributed by atoms with Crippen molar-refractivity contribution in [1.82, 2.24) is 15.0 Å². The molecule has 0 saturated heterocycles. The van der Waals surface area contributed by atoms with Crippen molar-refractivity contribution >= 4 is 5.97 Å². The average molecular weight is 275 g/mol. The predicted octanol–water partition coefficient (Wildman–Crippen LogP) is 2.31. The van der Waals surface area contributed by atoms with Gasteiger partial charge >= 0.3 is 5.97 Å². The Kier molecular flexibility index (Phi) is 4.02. The Morgan fingerprint density at radius 2 is 2.00 bits per heavy atom. The lowest BCUT2D eigenvalue weighted by Gasteiger charge is -2.10. The molecule has 0 radical (unpaired) electrons. The van der Waals surface area contributed by atoms with Crippen LogP contribution in [0.25, 0.3) is 11.3 Å². The van der Waals surface area contributed by atoms with E-state index in [0.717, 1.165) is 5.56 Å². The summed E-state index contributed by atoms with van der Waals surface area (Å²) < 4.78 is 6.74. The van der Waals surface area contributed by atoms with Gasteiger partial charge in [-0.05, 0) is 30.2 Å². The highest BCUT2D eigenvalue weighted by atomic mass is 16.5. The fourth-order valence-corrected chi connectivity index (χ4v) is 1.97. The molecule has 106 valence electrons. The van der Waals surface area contributed by atoms with E-state index in [-0.39, 0.29) is 5.69 Å². The van der Waals surface area contributed by atoms with Crippen LogP contribution in [0.5, 0.6) is 5.75 Å². The number of carboxylic acid groups (broad SMARTS) is 1. The molecule has 20 heavy (non-hydrogen) atoms. The first-order valence-electron chi connectivity index (χ1n) is 6.34. The second-order valence-corrected chi connectivity index (χ2v) is 4.90. The first-order valence-corrected chi connectivity index (χ1v) is 6.34. The number of nitrogens with zero attached hydrogens (tertiary/aromatic N) is 3. The van der Waals surface area contributed by atoms with Crippen molar-refractivity contribution in [2.24, 2.45) is 5.92 Å². The van der Waals surface area contributed by atoms with Crippen LogP contribution in [0.4, 0.5) is 0 Å². The Labute approximate surface area is 117 Å². The van der Waals surface area contributed by atoms with Crippen LogP contribution < -0.4 is 4.74 Å². The zero-order valence-corrected chi connectivity index (χ0v) is 11.7. The third-order valence-electron chi connectivity index (χ3n) is 2.84. The molecule has 6 nitrogen and oxygen atoms in total. The lowest BCUT2D eigenvalue weighted by atomic mass is 10.1. The third-order valence-corrected chi connectivity index (χ3v) is 2.84. The van der Waals surface area contributed by atoms with E-state index in [9.17, 15) is 9.90 Å². The Bertz CT molecular complexity index is 603. The van der Waals surface area contributed by atoms with E-state index >= 15 is 0 Å². The minimum absolute atomic E-state index is 0.0317. The van der Waals surface area contributed by atoms with Crippen LogP contribution >= 0.6 is 0 Å². The minimum atomic E-state index is -1.08. The third kappa shape index (κ3) is 2.79. The van der Waals surface area contributed by atoms with Crippen molar-refractivity contribution in [2.75, 3.05) is 7.11 Å². The molecule has 1 aromatic carbocycles. The summed E-state index contributed by atoms with van der Waals surface area (Å²) in [5.41, 5.74) is 1.25. The fraction of sp³-hybridized carbons (Fsp3) is 0.357. The molecule has 0 atom stereocenters. The van der Waals surface area contributed by atoms with Gasteiger partial charge in [0.1, 0.15) is 11.4 Å². The molecule has 1 N–H and O–H groups in total. The van der Waals surface area contributed by atoms with Crippen molar-refractivity contribution in [3.05, 3.63) is 30.0 Å². The maximum atomic E-state index is 11.3. The van der Waals surface area contributed by atoms with Crippen LogP contribution in [0.1, 0.15) is 24.3 Å². The molecule has 6 heteroatoms. The molecule has 0 bridgehead atoms. The van der Waals surface area contributed by atoms with Crippen LogP contribution in [0.15, 0.2) is 24.3 Å². The van der Waals surface area contributed by atoms with Crippen LogP contribution in [0.2, 0.25) is 0 Å². The van der Waals surface area contributed by atoms with Crippen molar-refractivity contribution in [3.63, 3.8) is 0 Å². The highest BCUT2D eigenvalue weighted by molar-refractivity contribution is 5.92. The SMILES string of the molecule is COc1ccc(-c2c(C(=O)O)nnn2CC(C)C)cc1. The fourth-order valence-electron chi connectivity index (χ4n) is 1.97. The van der Waals surface area contributed by atoms with Crippen LogP contribution in [-0.4, -0.2) is 33.2 Å². The number of carbonyl (C=O) groups is 1. The average Bonchev–Trinajstić information content (AvgIpc) is 2.82. The van der Waals surface area contributed by atoms with E-state index < -0.39 is 5.97 Å². The number of benzene rings is 1. The Balaban J connectivity index is 2.50. The lowest BCUT2D eigenvalue weighted by molar-refractivity contribution is 0.0691. The maximum absolute atomic E-state index is 11.3. The quantitative estimate of drug-likeness (QED) is 0.906. The summed E-state index contributed by atoms with van der Waals surface area (Å²) >= 11 is 0. The first kappa shape index (κ1) is 14.0. The van der Waals surface area contributed by atoms with E-state index in [1.807, 2.05) is 13.8 Å². The summed E-state index contributed by atoms with van der Waals surface area (Å²) in [4.78, 5) is 11.3. The Hall–Kier alpha value is -2.37. The number of aromatic carboxylic acids is 1. The molecule has 0 spiro atoms. The van der Waals surface area contributed by atoms with E-state index in [1.54, 1.807) is 36.1 Å². The number of methoxy groups -OCH3 is 1.